The van der Waals surface area contributed by atoms with E-state index in [-0.39, 0.29) is 0 Å². The van der Waals surface area contributed by atoms with Gasteiger partial charge in [-0.15, -0.1) is 0 Å². The van der Waals surface area contributed by atoms with Crippen LogP contribution in [0.2, 0.25) is 0 Å². The number of hydrogen-bond acceptors (Lipinski definition) is 0. The fourth-order valence-corrected chi connectivity index (χ4v) is 3.57. The molecule has 0 amide bonds. The maximum Gasteiger partial charge on any atom is -0.00926 e. The molecule has 0 aromatic heterocycles. The molecule has 1 aliphatic carbocycles. The molecule has 0 N–H and O–H groups in total. The van der Waals surface area contributed by atoms with Crippen LogP contribution in [0.5, 0.6) is 0 Å². The maximum absolute atomic E-state index is 4.35. The molecule has 0 bridgehead atoms. The minimum atomic E-state index is 1.14. The average molecular weight is 278 g/mol. The predicted octanol–water partition coefficient (Wildman–Crippen LogP) is 6.03. The third kappa shape index (κ3) is 1.47. The largest absolute Gasteiger partial charge is 0.0905 e. The quantitative estimate of drug-likeness (QED) is 0.324. The summed E-state index contributed by atoms with van der Waals surface area (Å²) in [7, 11) is 0. The second-order valence-corrected chi connectivity index (χ2v) is 5.97. The Kier molecular flexibility index (Phi) is 2.18. The Morgan fingerprint density at radius 3 is 1.14 bits per heavy atom. The van der Waals surface area contributed by atoms with E-state index in [2.05, 4.69) is 79.4 Å². The van der Waals surface area contributed by atoms with Crippen LogP contribution in [0.4, 0.5) is 0 Å². The van der Waals surface area contributed by atoms with E-state index in [1.165, 1.54) is 43.8 Å². The molecular weight excluding hydrogens is 264 g/mol. The lowest BCUT2D eigenvalue weighted by molar-refractivity contribution is 1.69. The van der Waals surface area contributed by atoms with Crippen molar-refractivity contribution >= 4 is 27.1 Å². The summed E-state index contributed by atoms with van der Waals surface area (Å²) in [6.45, 7) is 4.35. The van der Waals surface area contributed by atoms with Crippen LogP contribution in [0.25, 0.3) is 38.2 Å². The Morgan fingerprint density at radius 1 is 0.455 bits per heavy atom. The van der Waals surface area contributed by atoms with Gasteiger partial charge in [-0.3, -0.25) is 0 Å². The topological polar surface area (TPSA) is 0 Å². The van der Waals surface area contributed by atoms with Crippen molar-refractivity contribution in [2.75, 3.05) is 0 Å². The van der Waals surface area contributed by atoms with Gasteiger partial charge in [-0.05, 0) is 73.6 Å². The summed E-state index contributed by atoms with van der Waals surface area (Å²) in [5, 5.41) is 5.13. The monoisotopic (exact) mass is 278 g/mol. The highest BCUT2D eigenvalue weighted by Gasteiger charge is 2.23. The van der Waals surface area contributed by atoms with Crippen LogP contribution < -0.4 is 0 Å². The molecule has 0 fully saturated rings. The molecule has 0 saturated carbocycles. The van der Waals surface area contributed by atoms with Crippen molar-refractivity contribution in [1.29, 1.82) is 0 Å². The molecule has 4 aromatic rings. The Hall–Kier alpha value is -2.86. The van der Waals surface area contributed by atoms with E-state index in [9.17, 15) is 0 Å². The fraction of sp³-hybridized carbons (Fsp3) is 0. The van der Waals surface area contributed by atoms with E-state index in [0.717, 1.165) is 5.57 Å². The summed E-state index contributed by atoms with van der Waals surface area (Å²) in [5.74, 6) is 0. The zero-order chi connectivity index (χ0) is 14.7. The molecule has 0 nitrogen and oxygen atoms in total. The van der Waals surface area contributed by atoms with Crippen LogP contribution in [-0.4, -0.2) is 0 Å². The van der Waals surface area contributed by atoms with Gasteiger partial charge in [0.2, 0.25) is 0 Å². The van der Waals surface area contributed by atoms with Gasteiger partial charge in [-0.1, -0.05) is 55.1 Å². The molecule has 22 heavy (non-hydrogen) atoms. The molecule has 0 heterocycles. The summed E-state index contributed by atoms with van der Waals surface area (Å²) in [4.78, 5) is 0. The SMILES string of the molecule is C=C1c2cc3ccccc3cc2-c2cc3ccccc3cc21. The first-order valence-corrected chi connectivity index (χ1v) is 7.57. The van der Waals surface area contributed by atoms with Gasteiger partial charge in [0.25, 0.3) is 0 Å². The number of fused-ring (bicyclic) bond motifs is 5. The second kappa shape index (κ2) is 4.08. The van der Waals surface area contributed by atoms with Gasteiger partial charge in [-0.25, -0.2) is 0 Å². The maximum atomic E-state index is 4.35. The minimum absolute atomic E-state index is 1.14. The van der Waals surface area contributed by atoms with Crippen LogP contribution in [-0.2, 0) is 0 Å². The highest BCUT2D eigenvalue weighted by Crippen LogP contribution is 2.46. The first kappa shape index (κ1) is 11.8. The fourth-order valence-electron chi connectivity index (χ4n) is 3.57. The molecule has 5 rings (SSSR count). The third-order valence-corrected chi connectivity index (χ3v) is 4.71. The van der Waals surface area contributed by atoms with Crippen LogP contribution in [0, 0.1) is 0 Å². The van der Waals surface area contributed by atoms with Gasteiger partial charge in [0.05, 0.1) is 0 Å². The standard InChI is InChI=1S/C22H14/c1-14-19-10-15-6-2-4-8-17(15)12-21(19)22-13-18-9-5-3-7-16(18)11-20(14)22/h2-13H,1H2. The molecule has 0 unspecified atom stereocenters. The smallest absolute Gasteiger partial charge is 0.00926 e. The lowest BCUT2D eigenvalue weighted by Crippen LogP contribution is -1.80. The first-order valence-electron chi connectivity index (χ1n) is 7.57. The summed E-state index contributed by atoms with van der Waals surface area (Å²) < 4.78 is 0. The summed E-state index contributed by atoms with van der Waals surface area (Å²) in [6, 6.07) is 26.2. The van der Waals surface area contributed by atoms with Crippen molar-refractivity contribution in [2.24, 2.45) is 0 Å². The summed E-state index contributed by atoms with van der Waals surface area (Å²) >= 11 is 0. The lowest BCUT2D eigenvalue weighted by Gasteiger charge is -2.05. The van der Waals surface area contributed by atoms with Crippen molar-refractivity contribution in [3.8, 4) is 11.1 Å². The van der Waals surface area contributed by atoms with E-state index in [0.29, 0.717) is 0 Å². The number of hydrogen-bond donors (Lipinski definition) is 0. The molecule has 0 heteroatoms. The second-order valence-electron chi connectivity index (χ2n) is 5.97. The molecule has 0 atom stereocenters. The van der Waals surface area contributed by atoms with Gasteiger partial charge in [-0.2, -0.15) is 0 Å². The lowest BCUT2D eigenvalue weighted by atomic mass is 9.99. The zero-order valence-corrected chi connectivity index (χ0v) is 12.1. The van der Waals surface area contributed by atoms with E-state index in [4.69, 9.17) is 0 Å². The van der Waals surface area contributed by atoms with Crippen molar-refractivity contribution in [3.05, 3.63) is 90.5 Å². The molecule has 0 radical (unpaired) electrons. The summed E-state index contributed by atoms with van der Waals surface area (Å²) in [5.41, 5.74) is 6.29. The molecule has 102 valence electrons. The van der Waals surface area contributed by atoms with Gasteiger partial charge >= 0.3 is 0 Å². The van der Waals surface area contributed by atoms with Crippen molar-refractivity contribution in [1.82, 2.24) is 0 Å². The predicted molar refractivity (Wildman–Crippen MR) is 95.0 cm³/mol. The molecule has 0 saturated heterocycles. The van der Waals surface area contributed by atoms with Crippen LogP contribution >= 0.6 is 0 Å². The Labute approximate surface area is 129 Å². The van der Waals surface area contributed by atoms with Crippen LogP contribution in [0.3, 0.4) is 0 Å². The molecule has 0 aliphatic heterocycles. The number of rotatable bonds is 0. The number of benzene rings is 4. The van der Waals surface area contributed by atoms with Gasteiger partial charge in [0, 0.05) is 0 Å². The highest BCUT2D eigenvalue weighted by molar-refractivity contribution is 6.08. The van der Waals surface area contributed by atoms with Gasteiger partial charge in [0.15, 0.2) is 0 Å². The molecule has 1 aliphatic rings. The van der Waals surface area contributed by atoms with E-state index < -0.39 is 0 Å². The minimum Gasteiger partial charge on any atom is -0.0905 e. The van der Waals surface area contributed by atoms with Crippen molar-refractivity contribution in [3.63, 3.8) is 0 Å². The highest BCUT2D eigenvalue weighted by atomic mass is 14.3. The van der Waals surface area contributed by atoms with E-state index in [1.807, 2.05) is 0 Å². The normalized spacial score (nSPS) is 12.6. The van der Waals surface area contributed by atoms with Crippen LogP contribution in [0.1, 0.15) is 11.1 Å². The molecule has 0 spiro atoms. The van der Waals surface area contributed by atoms with Gasteiger partial charge in [0.1, 0.15) is 0 Å². The first-order chi connectivity index (χ1) is 10.8. The van der Waals surface area contributed by atoms with Gasteiger partial charge < -0.3 is 0 Å². The summed E-state index contributed by atoms with van der Waals surface area (Å²) in [6.07, 6.45) is 0. The molecule has 4 aromatic carbocycles. The van der Waals surface area contributed by atoms with E-state index >= 15 is 0 Å². The third-order valence-electron chi connectivity index (χ3n) is 4.71. The average Bonchev–Trinajstić information content (AvgIpc) is 2.83. The zero-order valence-electron chi connectivity index (χ0n) is 12.1. The Balaban J connectivity index is 1.90. The molecular formula is C22H14. The Morgan fingerprint density at radius 2 is 0.773 bits per heavy atom. The Bertz CT molecular complexity index is 996. The van der Waals surface area contributed by atoms with E-state index in [1.54, 1.807) is 0 Å². The van der Waals surface area contributed by atoms with Crippen molar-refractivity contribution < 1.29 is 0 Å². The van der Waals surface area contributed by atoms with Crippen molar-refractivity contribution in [2.45, 2.75) is 0 Å². The van der Waals surface area contributed by atoms with Crippen LogP contribution in [0.15, 0.2) is 79.4 Å².